The molecule has 1 aliphatic heterocycles. The summed E-state index contributed by atoms with van der Waals surface area (Å²) < 4.78 is 5.04. The number of nitrogens with one attached hydrogen (secondary N) is 1. The van der Waals surface area contributed by atoms with Gasteiger partial charge in [-0.25, -0.2) is 0 Å². The molecule has 2 aromatic heterocycles. The van der Waals surface area contributed by atoms with E-state index in [0.717, 1.165) is 50.4 Å². The average Bonchev–Trinajstić information content (AvgIpc) is 3.15. The number of amides is 1. The lowest BCUT2D eigenvalue weighted by atomic mass is 10.2. The normalized spacial score (nSPS) is 16.2. The third kappa shape index (κ3) is 4.43. The van der Waals surface area contributed by atoms with Crippen LogP contribution < -0.4 is 5.32 Å². The van der Waals surface area contributed by atoms with Crippen molar-refractivity contribution in [3.8, 4) is 11.3 Å². The van der Waals surface area contributed by atoms with Gasteiger partial charge >= 0.3 is 0 Å². The molecule has 1 N–H and O–H groups in total. The van der Waals surface area contributed by atoms with Crippen LogP contribution >= 0.6 is 0 Å². The van der Waals surface area contributed by atoms with Crippen LogP contribution in [0.4, 0.5) is 0 Å². The number of furan rings is 1. The summed E-state index contributed by atoms with van der Waals surface area (Å²) in [7, 11) is 2.16. The Balaban J connectivity index is 1.40. The molecule has 1 fully saturated rings. The summed E-state index contributed by atoms with van der Waals surface area (Å²) in [4.78, 5) is 21.3. The molecule has 0 saturated carbocycles. The number of carbonyl (C=O) groups excluding carboxylic acids is 1. The second kappa shape index (κ2) is 8.08. The van der Waals surface area contributed by atoms with Gasteiger partial charge in [0.1, 0.15) is 0 Å². The highest BCUT2D eigenvalue weighted by Crippen LogP contribution is 2.17. The van der Waals surface area contributed by atoms with Gasteiger partial charge in [0, 0.05) is 44.5 Å². The van der Waals surface area contributed by atoms with Crippen molar-refractivity contribution in [2.45, 2.75) is 6.42 Å². The van der Waals surface area contributed by atoms with Gasteiger partial charge in [0.15, 0.2) is 0 Å². The Morgan fingerprint density at radius 3 is 2.75 bits per heavy atom. The van der Waals surface area contributed by atoms with E-state index in [4.69, 9.17) is 4.42 Å². The number of hydrogen-bond donors (Lipinski definition) is 1. The van der Waals surface area contributed by atoms with Gasteiger partial charge in [-0.05, 0) is 38.2 Å². The first-order valence-corrected chi connectivity index (χ1v) is 8.40. The first kappa shape index (κ1) is 16.7. The molecule has 6 heteroatoms. The summed E-state index contributed by atoms with van der Waals surface area (Å²) in [5.41, 5.74) is 2.30. The van der Waals surface area contributed by atoms with Gasteiger partial charge in [-0.15, -0.1) is 0 Å². The summed E-state index contributed by atoms with van der Waals surface area (Å²) in [6.07, 6.45) is 5.83. The first-order valence-electron chi connectivity index (χ1n) is 8.40. The summed E-state index contributed by atoms with van der Waals surface area (Å²) >= 11 is 0. The number of aromatic nitrogens is 1. The lowest BCUT2D eigenvalue weighted by Crippen LogP contribution is -2.45. The van der Waals surface area contributed by atoms with E-state index in [9.17, 15) is 4.79 Å². The molecule has 128 valence electrons. The van der Waals surface area contributed by atoms with Crippen molar-refractivity contribution in [1.82, 2.24) is 20.1 Å². The largest absolute Gasteiger partial charge is 0.472 e. The number of hydrogen-bond acceptors (Lipinski definition) is 5. The van der Waals surface area contributed by atoms with Crippen molar-refractivity contribution in [2.75, 3.05) is 46.3 Å². The van der Waals surface area contributed by atoms with Crippen molar-refractivity contribution < 1.29 is 9.21 Å². The molecule has 0 unspecified atom stereocenters. The smallest absolute Gasteiger partial charge is 0.252 e. The summed E-state index contributed by atoms with van der Waals surface area (Å²) in [6.45, 7) is 6.20. The molecular formula is C18H24N4O2. The zero-order valence-corrected chi connectivity index (χ0v) is 14.1. The van der Waals surface area contributed by atoms with Crippen LogP contribution in [0.15, 0.2) is 41.3 Å². The van der Waals surface area contributed by atoms with E-state index in [1.807, 2.05) is 12.1 Å². The molecule has 0 bridgehead atoms. The molecule has 1 aliphatic rings. The Bertz CT molecular complexity index is 632. The van der Waals surface area contributed by atoms with Crippen molar-refractivity contribution in [1.29, 1.82) is 0 Å². The van der Waals surface area contributed by atoms with Gasteiger partial charge in [-0.3, -0.25) is 9.78 Å². The van der Waals surface area contributed by atoms with Crippen LogP contribution in [-0.2, 0) is 0 Å². The SMILES string of the molecule is CN1CCN(CCCNC(=O)c2ccc(-c3ccoc3)nc2)CC1. The van der Waals surface area contributed by atoms with Crippen LogP contribution in [0.2, 0.25) is 0 Å². The highest BCUT2D eigenvalue weighted by Gasteiger charge is 2.13. The van der Waals surface area contributed by atoms with E-state index in [0.29, 0.717) is 12.1 Å². The summed E-state index contributed by atoms with van der Waals surface area (Å²) in [6, 6.07) is 5.48. The highest BCUT2D eigenvalue weighted by atomic mass is 16.3. The molecule has 6 nitrogen and oxygen atoms in total. The maximum absolute atomic E-state index is 12.1. The second-order valence-electron chi connectivity index (χ2n) is 6.20. The molecule has 0 atom stereocenters. The van der Waals surface area contributed by atoms with Gasteiger partial charge in [-0.2, -0.15) is 0 Å². The highest BCUT2D eigenvalue weighted by molar-refractivity contribution is 5.94. The molecule has 0 aliphatic carbocycles. The molecule has 0 aromatic carbocycles. The molecule has 24 heavy (non-hydrogen) atoms. The molecule has 0 spiro atoms. The van der Waals surface area contributed by atoms with Gasteiger partial charge in [-0.1, -0.05) is 0 Å². The second-order valence-corrected chi connectivity index (χ2v) is 6.20. The predicted octanol–water partition coefficient (Wildman–Crippen LogP) is 1.71. The molecule has 2 aromatic rings. The number of pyridine rings is 1. The predicted molar refractivity (Wildman–Crippen MR) is 92.8 cm³/mol. The fourth-order valence-corrected chi connectivity index (χ4v) is 2.79. The van der Waals surface area contributed by atoms with Crippen LogP contribution in [0.1, 0.15) is 16.8 Å². The minimum atomic E-state index is -0.0698. The summed E-state index contributed by atoms with van der Waals surface area (Å²) in [5.74, 6) is -0.0698. The minimum absolute atomic E-state index is 0.0698. The minimum Gasteiger partial charge on any atom is -0.472 e. The number of likely N-dealkylation sites (N-methyl/N-ethyl adjacent to an activating group) is 1. The lowest BCUT2D eigenvalue weighted by Gasteiger charge is -2.32. The van der Waals surface area contributed by atoms with E-state index in [1.54, 1.807) is 24.8 Å². The average molecular weight is 328 g/mol. The molecular weight excluding hydrogens is 304 g/mol. The molecule has 3 heterocycles. The Labute approximate surface area is 142 Å². The summed E-state index contributed by atoms with van der Waals surface area (Å²) in [5, 5.41) is 2.97. The van der Waals surface area contributed by atoms with Crippen LogP contribution in [0.25, 0.3) is 11.3 Å². The number of piperazine rings is 1. The van der Waals surface area contributed by atoms with Crippen LogP contribution in [0.5, 0.6) is 0 Å². The zero-order valence-electron chi connectivity index (χ0n) is 14.1. The number of carbonyl (C=O) groups is 1. The van der Waals surface area contributed by atoms with E-state index in [2.05, 4.69) is 27.1 Å². The molecule has 0 radical (unpaired) electrons. The van der Waals surface area contributed by atoms with Crippen LogP contribution in [-0.4, -0.2) is 67.0 Å². The maximum Gasteiger partial charge on any atom is 0.252 e. The number of rotatable bonds is 6. The fourth-order valence-electron chi connectivity index (χ4n) is 2.79. The van der Waals surface area contributed by atoms with Crippen molar-refractivity contribution in [2.24, 2.45) is 0 Å². The van der Waals surface area contributed by atoms with E-state index >= 15 is 0 Å². The topological polar surface area (TPSA) is 61.6 Å². The standard InChI is InChI=1S/C18H24N4O2/c1-21-8-10-22(11-9-21)7-2-6-19-18(23)15-3-4-17(20-13-15)16-5-12-24-14-16/h3-5,12-14H,2,6-11H2,1H3,(H,19,23). The van der Waals surface area contributed by atoms with Crippen LogP contribution in [0.3, 0.4) is 0 Å². The van der Waals surface area contributed by atoms with E-state index < -0.39 is 0 Å². The Kier molecular flexibility index (Phi) is 5.61. The Hall–Kier alpha value is -2.18. The van der Waals surface area contributed by atoms with Crippen molar-refractivity contribution >= 4 is 5.91 Å². The van der Waals surface area contributed by atoms with Crippen LogP contribution in [0, 0.1) is 0 Å². The third-order valence-electron chi connectivity index (χ3n) is 4.38. The quantitative estimate of drug-likeness (QED) is 0.818. The fraction of sp³-hybridized carbons (Fsp3) is 0.444. The molecule has 3 rings (SSSR count). The van der Waals surface area contributed by atoms with Crippen molar-refractivity contribution in [3.63, 3.8) is 0 Å². The van der Waals surface area contributed by atoms with E-state index in [-0.39, 0.29) is 5.91 Å². The van der Waals surface area contributed by atoms with Gasteiger partial charge in [0.2, 0.25) is 0 Å². The zero-order chi connectivity index (χ0) is 16.8. The first-order chi connectivity index (χ1) is 11.7. The molecule has 1 saturated heterocycles. The Morgan fingerprint density at radius 2 is 2.08 bits per heavy atom. The van der Waals surface area contributed by atoms with E-state index in [1.165, 1.54) is 0 Å². The monoisotopic (exact) mass is 328 g/mol. The van der Waals surface area contributed by atoms with Crippen molar-refractivity contribution in [3.05, 3.63) is 42.5 Å². The Morgan fingerprint density at radius 1 is 1.25 bits per heavy atom. The maximum atomic E-state index is 12.1. The van der Waals surface area contributed by atoms with Gasteiger partial charge in [0.25, 0.3) is 5.91 Å². The third-order valence-corrected chi connectivity index (χ3v) is 4.38. The molecule has 1 amide bonds. The lowest BCUT2D eigenvalue weighted by molar-refractivity contribution is 0.0949. The van der Waals surface area contributed by atoms with Gasteiger partial charge in [0.05, 0.1) is 23.8 Å². The van der Waals surface area contributed by atoms with Gasteiger partial charge < -0.3 is 19.5 Å². The number of nitrogens with zero attached hydrogens (tertiary/aromatic N) is 3.